The van der Waals surface area contributed by atoms with Crippen LogP contribution in [0.2, 0.25) is 0 Å². The molecule has 0 atom stereocenters. The van der Waals surface area contributed by atoms with E-state index in [1.54, 1.807) is 0 Å². The highest BCUT2D eigenvalue weighted by Crippen LogP contribution is 2.33. The molecule has 2 fully saturated rings. The Bertz CT molecular complexity index is 688. The number of aryl methyl sites for hydroxylation is 1. The number of carbonyl (C=O) groups is 2. The van der Waals surface area contributed by atoms with E-state index in [4.69, 9.17) is 5.11 Å². The van der Waals surface area contributed by atoms with Crippen molar-refractivity contribution in [1.82, 2.24) is 10.2 Å². The zero-order chi connectivity index (χ0) is 19.4. The summed E-state index contributed by atoms with van der Waals surface area (Å²) in [5.74, 6) is -1.95. The monoisotopic (exact) mass is 380 g/mol. The lowest BCUT2D eigenvalue weighted by Gasteiger charge is -2.42. The van der Waals surface area contributed by atoms with E-state index in [0.717, 1.165) is 25.5 Å². The SMILES string of the molecule is O=C(O)CN(CC1CC1)C1CC(NC(=O)CCCc2ccc(F)c(F)c2)C1. The molecule has 1 aromatic rings. The molecule has 7 heteroatoms. The number of carbonyl (C=O) groups excluding carboxylic acids is 1. The Morgan fingerprint density at radius 2 is 1.93 bits per heavy atom. The summed E-state index contributed by atoms with van der Waals surface area (Å²) in [4.78, 5) is 25.1. The van der Waals surface area contributed by atoms with Crippen LogP contribution in [0.15, 0.2) is 18.2 Å². The van der Waals surface area contributed by atoms with E-state index in [1.807, 2.05) is 4.90 Å². The zero-order valence-electron chi connectivity index (χ0n) is 15.3. The van der Waals surface area contributed by atoms with Crippen LogP contribution in [0.4, 0.5) is 8.78 Å². The summed E-state index contributed by atoms with van der Waals surface area (Å²) >= 11 is 0. The Hall–Kier alpha value is -2.02. The van der Waals surface area contributed by atoms with E-state index in [-0.39, 0.29) is 24.5 Å². The minimum atomic E-state index is -0.866. The third-order valence-corrected chi connectivity index (χ3v) is 5.38. The number of nitrogens with one attached hydrogen (secondary N) is 1. The van der Waals surface area contributed by atoms with E-state index in [2.05, 4.69) is 5.32 Å². The number of nitrogens with zero attached hydrogens (tertiary/aromatic N) is 1. The van der Waals surface area contributed by atoms with Crippen LogP contribution in [-0.2, 0) is 16.0 Å². The quantitative estimate of drug-likeness (QED) is 0.655. The normalized spacial score (nSPS) is 21.7. The first kappa shape index (κ1) is 19.7. The molecule has 0 unspecified atom stereocenters. The van der Waals surface area contributed by atoms with Crippen LogP contribution in [0, 0.1) is 17.6 Å². The van der Waals surface area contributed by atoms with Gasteiger partial charge in [-0.1, -0.05) is 6.07 Å². The number of amides is 1. The molecule has 0 spiro atoms. The molecule has 2 aliphatic rings. The molecular weight excluding hydrogens is 354 g/mol. The van der Waals surface area contributed by atoms with Crippen molar-refractivity contribution < 1.29 is 23.5 Å². The van der Waals surface area contributed by atoms with Crippen LogP contribution in [-0.4, -0.2) is 47.1 Å². The van der Waals surface area contributed by atoms with Crippen LogP contribution in [0.5, 0.6) is 0 Å². The Morgan fingerprint density at radius 3 is 2.56 bits per heavy atom. The van der Waals surface area contributed by atoms with Crippen molar-refractivity contribution in [3.05, 3.63) is 35.4 Å². The number of benzene rings is 1. The highest BCUT2D eigenvalue weighted by molar-refractivity contribution is 5.76. The molecule has 1 amide bonds. The number of hydrogen-bond acceptors (Lipinski definition) is 3. The number of rotatable bonds is 10. The molecule has 0 bridgehead atoms. The summed E-state index contributed by atoms with van der Waals surface area (Å²) in [7, 11) is 0. The summed E-state index contributed by atoms with van der Waals surface area (Å²) in [5.41, 5.74) is 0.676. The Kier molecular flexibility index (Phi) is 6.42. The van der Waals surface area contributed by atoms with Crippen molar-refractivity contribution in [1.29, 1.82) is 0 Å². The molecule has 1 aromatic carbocycles. The van der Waals surface area contributed by atoms with Gasteiger partial charge in [-0.3, -0.25) is 14.5 Å². The fraction of sp³-hybridized carbons (Fsp3) is 0.600. The summed E-state index contributed by atoms with van der Waals surface area (Å²) in [6, 6.07) is 4.13. The molecule has 0 radical (unpaired) electrons. The molecular formula is C20H26F2N2O3. The third-order valence-electron chi connectivity index (χ3n) is 5.38. The van der Waals surface area contributed by atoms with E-state index in [0.29, 0.717) is 30.7 Å². The average Bonchev–Trinajstić information content (AvgIpc) is 3.37. The van der Waals surface area contributed by atoms with E-state index in [9.17, 15) is 18.4 Å². The Balaban J connectivity index is 1.34. The van der Waals surface area contributed by atoms with Gasteiger partial charge in [0.25, 0.3) is 0 Å². The van der Waals surface area contributed by atoms with Gasteiger partial charge in [-0.25, -0.2) is 8.78 Å². The van der Waals surface area contributed by atoms with E-state index in [1.165, 1.54) is 25.0 Å². The fourth-order valence-corrected chi connectivity index (χ4v) is 3.60. The average molecular weight is 380 g/mol. The van der Waals surface area contributed by atoms with Gasteiger partial charge in [0.2, 0.25) is 5.91 Å². The lowest BCUT2D eigenvalue weighted by molar-refractivity contribution is -0.140. The number of halogens is 2. The van der Waals surface area contributed by atoms with Gasteiger partial charge in [0.1, 0.15) is 0 Å². The predicted octanol–water partition coefficient (Wildman–Crippen LogP) is 2.73. The van der Waals surface area contributed by atoms with Crippen LogP contribution < -0.4 is 5.32 Å². The van der Waals surface area contributed by atoms with Crippen molar-refractivity contribution in [3.63, 3.8) is 0 Å². The minimum absolute atomic E-state index is 0.0481. The molecule has 5 nitrogen and oxygen atoms in total. The van der Waals surface area contributed by atoms with Crippen LogP contribution in [0.3, 0.4) is 0 Å². The molecule has 0 saturated heterocycles. The number of hydrogen-bond donors (Lipinski definition) is 2. The van der Waals surface area contributed by atoms with Gasteiger partial charge in [0, 0.05) is 25.0 Å². The molecule has 27 heavy (non-hydrogen) atoms. The lowest BCUT2D eigenvalue weighted by Crippen LogP contribution is -2.55. The van der Waals surface area contributed by atoms with Gasteiger partial charge in [-0.15, -0.1) is 0 Å². The molecule has 0 aromatic heterocycles. The predicted molar refractivity (Wildman–Crippen MR) is 96.2 cm³/mol. The van der Waals surface area contributed by atoms with Gasteiger partial charge in [0.15, 0.2) is 11.6 Å². The summed E-state index contributed by atoms with van der Waals surface area (Å²) in [5, 5.41) is 12.0. The summed E-state index contributed by atoms with van der Waals surface area (Å²) in [6.07, 6.45) is 5.36. The smallest absolute Gasteiger partial charge is 0.317 e. The Labute approximate surface area is 157 Å². The minimum Gasteiger partial charge on any atom is -0.480 e. The van der Waals surface area contributed by atoms with Crippen molar-refractivity contribution in [2.45, 2.75) is 57.0 Å². The highest BCUT2D eigenvalue weighted by Gasteiger charge is 2.37. The second-order valence-corrected chi connectivity index (χ2v) is 7.76. The summed E-state index contributed by atoms with van der Waals surface area (Å²) in [6.45, 7) is 0.905. The van der Waals surface area contributed by atoms with Crippen molar-refractivity contribution in [2.75, 3.05) is 13.1 Å². The van der Waals surface area contributed by atoms with Gasteiger partial charge in [-0.2, -0.15) is 0 Å². The standard InChI is InChI=1S/C20H26F2N2O3/c21-17-7-6-13(8-18(17)22)2-1-3-19(25)23-15-9-16(10-15)24(12-20(26)27)11-14-4-5-14/h6-8,14-16H,1-5,9-12H2,(H,23,25)(H,26,27). The molecule has 2 saturated carbocycles. The van der Waals surface area contributed by atoms with E-state index >= 15 is 0 Å². The fourth-order valence-electron chi connectivity index (χ4n) is 3.60. The van der Waals surface area contributed by atoms with Gasteiger partial charge < -0.3 is 10.4 Å². The largest absolute Gasteiger partial charge is 0.480 e. The second kappa shape index (κ2) is 8.78. The maximum atomic E-state index is 13.2. The van der Waals surface area contributed by atoms with Crippen LogP contribution >= 0.6 is 0 Å². The maximum absolute atomic E-state index is 13.2. The number of aliphatic carboxylic acids is 1. The van der Waals surface area contributed by atoms with Crippen LogP contribution in [0.1, 0.15) is 44.1 Å². The lowest BCUT2D eigenvalue weighted by atomic mass is 9.85. The summed E-state index contributed by atoms with van der Waals surface area (Å²) < 4.78 is 26.1. The zero-order valence-corrected chi connectivity index (χ0v) is 15.3. The first-order valence-corrected chi connectivity index (χ1v) is 9.60. The molecule has 2 aliphatic carbocycles. The molecule has 148 valence electrons. The molecule has 2 N–H and O–H groups in total. The molecule has 0 aliphatic heterocycles. The van der Waals surface area contributed by atoms with Crippen molar-refractivity contribution in [3.8, 4) is 0 Å². The molecule has 3 rings (SSSR count). The number of carboxylic acid groups (broad SMARTS) is 1. The number of carboxylic acids is 1. The highest BCUT2D eigenvalue weighted by atomic mass is 19.2. The second-order valence-electron chi connectivity index (χ2n) is 7.76. The first-order chi connectivity index (χ1) is 12.9. The van der Waals surface area contributed by atoms with Crippen LogP contribution in [0.25, 0.3) is 0 Å². The van der Waals surface area contributed by atoms with Gasteiger partial charge in [-0.05, 0) is 62.1 Å². The van der Waals surface area contributed by atoms with Gasteiger partial charge >= 0.3 is 5.97 Å². The Morgan fingerprint density at radius 1 is 1.19 bits per heavy atom. The van der Waals surface area contributed by atoms with Gasteiger partial charge in [0.05, 0.1) is 6.54 Å². The topological polar surface area (TPSA) is 69.6 Å². The third kappa shape index (κ3) is 5.99. The maximum Gasteiger partial charge on any atom is 0.317 e. The first-order valence-electron chi connectivity index (χ1n) is 9.60. The van der Waals surface area contributed by atoms with Crippen molar-refractivity contribution in [2.24, 2.45) is 5.92 Å². The van der Waals surface area contributed by atoms with Crippen molar-refractivity contribution >= 4 is 11.9 Å². The molecule has 0 heterocycles. The van der Waals surface area contributed by atoms with E-state index < -0.39 is 17.6 Å².